The molecule has 2 aromatic carbocycles. The fourth-order valence-electron chi connectivity index (χ4n) is 3.52. The van der Waals surface area contributed by atoms with Gasteiger partial charge < -0.3 is 9.84 Å². The third-order valence-corrected chi connectivity index (χ3v) is 5.65. The second-order valence-corrected chi connectivity index (χ2v) is 8.36. The van der Waals surface area contributed by atoms with Gasteiger partial charge in [0.15, 0.2) is 0 Å². The molecule has 1 amide bonds. The quantitative estimate of drug-likeness (QED) is 0.606. The Balaban J connectivity index is 1.35. The first-order chi connectivity index (χ1) is 14.1. The van der Waals surface area contributed by atoms with E-state index >= 15 is 0 Å². The first kappa shape index (κ1) is 19.8. The summed E-state index contributed by atoms with van der Waals surface area (Å²) in [6, 6.07) is 15.7. The van der Waals surface area contributed by atoms with Gasteiger partial charge in [-0.3, -0.25) is 9.69 Å². The molecule has 1 N–H and O–H groups in total. The van der Waals surface area contributed by atoms with E-state index in [4.69, 9.17) is 4.52 Å². The number of hydrogen-bond donors (Lipinski definition) is 1. The predicted molar refractivity (Wildman–Crippen MR) is 115 cm³/mol. The van der Waals surface area contributed by atoms with Gasteiger partial charge in [0.25, 0.3) is 0 Å². The van der Waals surface area contributed by atoms with Gasteiger partial charge in [-0.15, -0.1) is 0 Å². The van der Waals surface area contributed by atoms with Crippen molar-refractivity contribution in [2.45, 2.75) is 26.3 Å². The minimum Gasteiger partial charge on any atom is -0.338 e. The zero-order valence-corrected chi connectivity index (χ0v) is 17.9. The molecule has 0 saturated carbocycles. The van der Waals surface area contributed by atoms with Crippen LogP contribution in [-0.4, -0.2) is 34.0 Å². The molecule has 29 heavy (non-hydrogen) atoms. The summed E-state index contributed by atoms with van der Waals surface area (Å²) in [6.07, 6.45) is 1.86. The van der Waals surface area contributed by atoms with Crippen LogP contribution in [0.4, 0.5) is 5.69 Å². The molecule has 0 radical (unpaired) electrons. The Hall–Kier alpha value is -2.51. The standard InChI is InChI=1S/C22H23BrN4O2/c1-15-4-10-19(11-5-15)24-22(28)17-3-2-12-27(13-17)14-20-25-21(26-29-20)16-6-8-18(23)9-7-16/h4-11,17H,2-3,12-14H2,1H3,(H,24,28). The number of aromatic nitrogens is 2. The molecular weight excluding hydrogens is 432 g/mol. The van der Waals surface area contributed by atoms with Gasteiger partial charge in [-0.05, 0) is 62.7 Å². The maximum Gasteiger partial charge on any atom is 0.241 e. The average Bonchev–Trinajstić information content (AvgIpc) is 3.19. The van der Waals surface area contributed by atoms with Crippen LogP contribution >= 0.6 is 15.9 Å². The first-order valence-electron chi connectivity index (χ1n) is 9.75. The zero-order valence-electron chi connectivity index (χ0n) is 16.3. The van der Waals surface area contributed by atoms with Gasteiger partial charge in [-0.25, -0.2) is 0 Å². The van der Waals surface area contributed by atoms with E-state index < -0.39 is 0 Å². The molecular formula is C22H23BrN4O2. The number of anilines is 1. The van der Waals surface area contributed by atoms with Crippen molar-refractivity contribution >= 4 is 27.5 Å². The van der Waals surface area contributed by atoms with Gasteiger partial charge in [-0.1, -0.05) is 38.8 Å². The Morgan fingerprint density at radius 2 is 1.97 bits per heavy atom. The summed E-state index contributed by atoms with van der Waals surface area (Å²) in [5.41, 5.74) is 2.93. The third kappa shape index (κ3) is 5.10. The Morgan fingerprint density at radius 1 is 1.21 bits per heavy atom. The highest BCUT2D eigenvalue weighted by molar-refractivity contribution is 9.10. The lowest BCUT2D eigenvalue weighted by Gasteiger charge is -2.30. The maximum atomic E-state index is 12.7. The smallest absolute Gasteiger partial charge is 0.241 e. The van der Waals surface area contributed by atoms with E-state index in [0.717, 1.165) is 35.1 Å². The van der Waals surface area contributed by atoms with Crippen LogP contribution in [0.25, 0.3) is 11.4 Å². The highest BCUT2D eigenvalue weighted by Crippen LogP contribution is 2.22. The molecule has 0 spiro atoms. The van der Waals surface area contributed by atoms with Crippen molar-refractivity contribution < 1.29 is 9.32 Å². The summed E-state index contributed by atoms with van der Waals surface area (Å²) < 4.78 is 6.45. The van der Waals surface area contributed by atoms with E-state index in [1.165, 1.54) is 5.56 Å². The van der Waals surface area contributed by atoms with Crippen molar-refractivity contribution in [3.05, 3.63) is 64.5 Å². The molecule has 1 atom stereocenters. The van der Waals surface area contributed by atoms with E-state index in [9.17, 15) is 4.79 Å². The lowest BCUT2D eigenvalue weighted by molar-refractivity contribution is -0.121. The molecule has 1 aliphatic rings. The number of rotatable bonds is 5. The van der Waals surface area contributed by atoms with Gasteiger partial charge in [0.1, 0.15) is 0 Å². The lowest BCUT2D eigenvalue weighted by Crippen LogP contribution is -2.40. The summed E-state index contributed by atoms with van der Waals surface area (Å²) in [5, 5.41) is 7.12. The minimum atomic E-state index is -0.0427. The van der Waals surface area contributed by atoms with Gasteiger partial charge in [-0.2, -0.15) is 4.98 Å². The normalized spacial score (nSPS) is 17.2. The van der Waals surface area contributed by atoms with Crippen molar-refractivity contribution in [1.82, 2.24) is 15.0 Å². The van der Waals surface area contributed by atoms with E-state index in [1.54, 1.807) is 0 Å². The summed E-state index contributed by atoms with van der Waals surface area (Å²) in [4.78, 5) is 19.4. The largest absolute Gasteiger partial charge is 0.338 e. The Morgan fingerprint density at radius 3 is 2.72 bits per heavy atom. The molecule has 1 fully saturated rings. The van der Waals surface area contributed by atoms with E-state index in [-0.39, 0.29) is 11.8 Å². The first-order valence-corrected chi connectivity index (χ1v) is 10.5. The summed E-state index contributed by atoms with van der Waals surface area (Å²) in [6.45, 7) is 4.19. The van der Waals surface area contributed by atoms with Crippen molar-refractivity contribution in [1.29, 1.82) is 0 Å². The fourth-order valence-corrected chi connectivity index (χ4v) is 3.79. The zero-order chi connectivity index (χ0) is 20.2. The molecule has 4 rings (SSSR count). The molecule has 1 aromatic heterocycles. The Bertz CT molecular complexity index is 969. The highest BCUT2D eigenvalue weighted by Gasteiger charge is 2.27. The highest BCUT2D eigenvalue weighted by atomic mass is 79.9. The van der Waals surface area contributed by atoms with E-state index in [1.807, 2.05) is 55.5 Å². The number of benzene rings is 2. The topological polar surface area (TPSA) is 71.3 Å². The molecule has 3 aromatic rings. The van der Waals surface area contributed by atoms with Crippen LogP contribution in [0.5, 0.6) is 0 Å². The van der Waals surface area contributed by atoms with Gasteiger partial charge >= 0.3 is 0 Å². The second kappa shape index (κ2) is 8.88. The number of likely N-dealkylation sites (tertiary alicyclic amines) is 1. The van der Waals surface area contributed by atoms with Crippen molar-refractivity contribution in [3.8, 4) is 11.4 Å². The van der Waals surface area contributed by atoms with Crippen LogP contribution in [0.3, 0.4) is 0 Å². The predicted octanol–water partition coefficient (Wildman–Crippen LogP) is 4.66. The number of amides is 1. The molecule has 0 bridgehead atoms. The monoisotopic (exact) mass is 454 g/mol. The average molecular weight is 455 g/mol. The van der Waals surface area contributed by atoms with E-state index in [2.05, 4.69) is 36.3 Å². The molecule has 7 heteroatoms. The number of hydrogen-bond acceptors (Lipinski definition) is 5. The minimum absolute atomic E-state index is 0.0427. The van der Waals surface area contributed by atoms with Crippen LogP contribution < -0.4 is 5.32 Å². The Kier molecular flexibility index (Phi) is 6.06. The molecule has 0 aliphatic carbocycles. The number of nitrogens with zero attached hydrogens (tertiary/aromatic N) is 3. The van der Waals surface area contributed by atoms with Crippen molar-refractivity contribution in [2.24, 2.45) is 5.92 Å². The molecule has 6 nitrogen and oxygen atoms in total. The van der Waals surface area contributed by atoms with Crippen molar-refractivity contribution in [2.75, 3.05) is 18.4 Å². The molecule has 1 saturated heterocycles. The lowest BCUT2D eigenvalue weighted by atomic mass is 9.97. The van der Waals surface area contributed by atoms with Gasteiger partial charge in [0, 0.05) is 22.3 Å². The summed E-state index contributed by atoms with van der Waals surface area (Å²) >= 11 is 3.43. The number of carbonyl (C=O) groups is 1. The van der Waals surface area contributed by atoms with E-state index in [0.29, 0.717) is 24.8 Å². The summed E-state index contributed by atoms with van der Waals surface area (Å²) in [7, 11) is 0. The second-order valence-electron chi connectivity index (χ2n) is 7.45. The number of halogens is 1. The molecule has 2 heterocycles. The number of aryl methyl sites for hydroxylation is 1. The number of piperidine rings is 1. The molecule has 150 valence electrons. The van der Waals surface area contributed by atoms with Crippen molar-refractivity contribution in [3.63, 3.8) is 0 Å². The SMILES string of the molecule is Cc1ccc(NC(=O)C2CCCN(Cc3nc(-c4ccc(Br)cc4)no3)C2)cc1. The molecule has 1 aliphatic heterocycles. The molecule has 1 unspecified atom stereocenters. The van der Waals surface area contributed by atoms with Crippen LogP contribution in [0, 0.1) is 12.8 Å². The summed E-state index contributed by atoms with van der Waals surface area (Å²) in [5.74, 6) is 1.18. The maximum absolute atomic E-state index is 12.7. The number of nitrogens with one attached hydrogen (secondary N) is 1. The Labute approximate surface area is 178 Å². The van der Waals surface area contributed by atoms with Crippen LogP contribution in [0.1, 0.15) is 24.3 Å². The van der Waals surface area contributed by atoms with Crippen LogP contribution in [0.15, 0.2) is 57.5 Å². The number of carbonyl (C=O) groups excluding carboxylic acids is 1. The van der Waals surface area contributed by atoms with Crippen LogP contribution in [-0.2, 0) is 11.3 Å². The van der Waals surface area contributed by atoms with Gasteiger partial charge in [0.2, 0.25) is 17.6 Å². The fraction of sp³-hybridized carbons (Fsp3) is 0.318. The third-order valence-electron chi connectivity index (χ3n) is 5.12. The van der Waals surface area contributed by atoms with Gasteiger partial charge in [0.05, 0.1) is 12.5 Å². The van der Waals surface area contributed by atoms with Crippen LogP contribution in [0.2, 0.25) is 0 Å².